The van der Waals surface area contributed by atoms with Crippen molar-refractivity contribution in [2.24, 2.45) is 5.10 Å². The van der Waals surface area contributed by atoms with Crippen molar-refractivity contribution in [2.45, 2.75) is 32.9 Å². The maximum Gasteiger partial charge on any atom is 0.140 e. The summed E-state index contributed by atoms with van der Waals surface area (Å²) in [4.78, 5) is 0. The highest BCUT2D eigenvalue weighted by Gasteiger charge is 2.15. The minimum absolute atomic E-state index is 0.198. The summed E-state index contributed by atoms with van der Waals surface area (Å²) in [5.74, 6) is -0.198. The van der Waals surface area contributed by atoms with Crippen LogP contribution in [0.5, 0.6) is 0 Å². The molecule has 0 saturated carbocycles. The average molecular weight is 298 g/mol. The van der Waals surface area contributed by atoms with Crippen molar-refractivity contribution in [2.75, 3.05) is 0 Å². The van der Waals surface area contributed by atoms with Crippen molar-refractivity contribution in [3.05, 3.63) is 58.9 Å². The molecular weight excluding hydrogens is 279 g/mol. The molecule has 0 radical (unpaired) electrons. The lowest BCUT2D eigenvalue weighted by Crippen LogP contribution is -2.30. The van der Waals surface area contributed by atoms with E-state index in [4.69, 9.17) is 0 Å². The van der Waals surface area contributed by atoms with Gasteiger partial charge in [-0.1, -0.05) is 24.3 Å². The standard InChI is InChI=1S/C18H19FN2O/c1-11-3-5-15(16(19)9-11)14-6-4-13(10-12(14)2)17-7-8-18(22)21-20-17/h3-6,9-10,18,21-22H,7-8H2,1-2H3. The van der Waals surface area contributed by atoms with E-state index in [1.165, 1.54) is 0 Å². The van der Waals surface area contributed by atoms with Crippen LogP contribution in [0.3, 0.4) is 0 Å². The second kappa shape index (κ2) is 5.89. The fraction of sp³-hybridized carbons (Fsp3) is 0.278. The minimum Gasteiger partial charge on any atom is -0.372 e. The van der Waals surface area contributed by atoms with Gasteiger partial charge in [0.25, 0.3) is 0 Å². The second-order valence-electron chi connectivity index (χ2n) is 5.76. The number of aliphatic hydroxyl groups excluding tert-OH is 1. The molecule has 3 rings (SSSR count). The first-order valence-corrected chi connectivity index (χ1v) is 7.42. The van der Waals surface area contributed by atoms with Crippen LogP contribution in [-0.4, -0.2) is 17.0 Å². The largest absolute Gasteiger partial charge is 0.372 e. The van der Waals surface area contributed by atoms with Gasteiger partial charge in [-0.2, -0.15) is 5.10 Å². The van der Waals surface area contributed by atoms with Crippen LogP contribution in [0.4, 0.5) is 4.39 Å². The summed E-state index contributed by atoms with van der Waals surface area (Å²) in [5, 5.41) is 13.6. The highest BCUT2D eigenvalue weighted by Crippen LogP contribution is 2.28. The number of benzene rings is 2. The molecule has 114 valence electrons. The molecule has 0 fully saturated rings. The molecule has 0 saturated heterocycles. The monoisotopic (exact) mass is 298 g/mol. The third-order valence-corrected chi connectivity index (χ3v) is 3.98. The van der Waals surface area contributed by atoms with Crippen molar-refractivity contribution in [3.8, 4) is 11.1 Å². The number of nitrogens with zero attached hydrogens (tertiary/aromatic N) is 1. The summed E-state index contributed by atoms with van der Waals surface area (Å²) in [6.45, 7) is 3.86. The van der Waals surface area contributed by atoms with Crippen molar-refractivity contribution in [1.82, 2.24) is 5.43 Å². The first-order chi connectivity index (χ1) is 10.5. The van der Waals surface area contributed by atoms with E-state index in [0.717, 1.165) is 34.4 Å². The molecular formula is C18H19FN2O. The topological polar surface area (TPSA) is 44.6 Å². The van der Waals surface area contributed by atoms with E-state index in [9.17, 15) is 9.50 Å². The number of rotatable bonds is 2. The lowest BCUT2D eigenvalue weighted by Gasteiger charge is -2.19. The van der Waals surface area contributed by atoms with Crippen molar-refractivity contribution < 1.29 is 9.50 Å². The van der Waals surface area contributed by atoms with E-state index >= 15 is 0 Å². The number of hydrogen-bond donors (Lipinski definition) is 2. The molecule has 0 amide bonds. The van der Waals surface area contributed by atoms with Crippen LogP contribution in [-0.2, 0) is 0 Å². The lowest BCUT2D eigenvalue weighted by atomic mass is 9.94. The predicted molar refractivity (Wildman–Crippen MR) is 86.2 cm³/mol. The van der Waals surface area contributed by atoms with Gasteiger partial charge in [0.15, 0.2) is 0 Å². The van der Waals surface area contributed by atoms with Gasteiger partial charge in [-0.3, -0.25) is 5.43 Å². The molecule has 22 heavy (non-hydrogen) atoms. The molecule has 0 aromatic heterocycles. The van der Waals surface area contributed by atoms with Crippen LogP contribution in [0, 0.1) is 19.7 Å². The van der Waals surface area contributed by atoms with Crippen molar-refractivity contribution >= 4 is 5.71 Å². The van der Waals surface area contributed by atoms with E-state index in [1.54, 1.807) is 6.07 Å². The fourth-order valence-corrected chi connectivity index (χ4v) is 2.74. The van der Waals surface area contributed by atoms with Gasteiger partial charge in [-0.15, -0.1) is 0 Å². The molecule has 1 aliphatic rings. The third-order valence-electron chi connectivity index (χ3n) is 3.98. The number of aryl methyl sites for hydroxylation is 2. The number of aliphatic hydroxyl groups is 1. The Morgan fingerprint density at radius 3 is 2.55 bits per heavy atom. The SMILES string of the molecule is Cc1ccc(-c2ccc(C3=NNC(O)CC3)cc2C)c(F)c1. The number of halogens is 1. The third kappa shape index (κ3) is 2.88. The molecule has 3 nitrogen and oxygen atoms in total. The van der Waals surface area contributed by atoms with E-state index in [2.05, 4.69) is 10.5 Å². The molecule has 1 atom stereocenters. The van der Waals surface area contributed by atoms with Crippen LogP contribution in [0.15, 0.2) is 41.5 Å². The first kappa shape index (κ1) is 14.7. The van der Waals surface area contributed by atoms with Gasteiger partial charge < -0.3 is 5.11 Å². The van der Waals surface area contributed by atoms with E-state index < -0.39 is 6.23 Å². The normalized spacial score (nSPS) is 17.8. The summed E-state index contributed by atoms with van der Waals surface area (Å²) in [5.41, 5.74) is 8.06. The summed E-state index contributed by atoms with van der Waals surface area (Å²) in [6, 6.07) is 11.2. The van der Waals surface area contributed by atoms with Crippen LogP contribution < -0.4 is 5.43 Å². The second-order valence-corrected chi connectivity index (χ2v) is 5.76. The summed E-state index contributed by atoms with van der Waals surface area (Å²) >= 11 is 0. The van der Waals surface area contributed by atoms with Gasteiger partial charge in [-0.25, -0.2) is 4.39 Å². The molecule has 0 spiro atoms. The number of nitrogens with one attached hydrogen (secondary N) is 1. The zero-order chi connectivity index (χ0) is 15.7. The Morgan fingerprint density at radius 1 is 1.14 bits per heavy atom. The average Bonchev–Trinajstić information content (AvgIpc) is 2.49. The predicted octanol–water partition coefficient (Wildman–Crippen LogP) is 3.52. The summed E-state index contributed by atoms with van der Waals surface area (Å²) in [7, 11) is 0. The summed E-state index contributed by atoms with van der Waals surface area (Å²) < 4.78 is 14.2. The highest BCUT2D eigenvalue weighted by atomic mass is 19.1. The zero-order valence-corrected chi connectivity index (χ0v) is 12.7. The Morgan fingerprint density at radius 2 is 1.91 bits per heavy atom. The summed E-state index contributed by atoms with van der Waals surface area (Å²) in [6.07, 6.45) is 0.809. The minimum atomic E-state index is -0.564. The van der Waals surface area contributed by atoms with Gasteiger partial charge in [0.1, 0.15) is 12.0 Å². The quantitative estimate of drug-likeness (QED) is 0.891. The van der Waals surface area contributed by atoms with Gasteiger partial charge in [0.2, 0.25) is 0 Å². The Balaban J connectivity index is 1.96. The smallest absolute Gasteiger partial charge is 0.140 e. The van der Waals surface area contributed by atoms with Gasteiger partial charge >= 0.3 is 0 Å². The lowest BCUT2D eigenvalue weighted by molar-refractivity contribution is 0.126. The van der Waals surface area contributed by atoms with E-state index in [1.807, 2.05) is 44.2 Å². The van der Waals surface area contributed by atoms with Crippen molar-refractivity contribution in [3.63, 3.8) is 0 Å². The molecule has 0 bridgehead atoms. The molecule has 1 heterocycles. The molecule has 1 aliphatic heterocycles. The molecule has 4 heteroatoms. The Labute approximate surface area is 129 Å². The molecule has 2 N–H and O–H groups in total. The Kier molecular flexibility index (Phi) is 3.94. The molecule has 0 aliphatic carbocycles. The molecule has 2 aromatic rings. The highest BCUT2D eigenvalue weighted by molar-refractivity contribution is 6.01. The number of hydrazone groups is 1. The fourth-order valence-electron chi connectivity index (χ4n) is 2.74. The van der Waals surface area contributed by atoms with Crippen LogP contribution in [0.2, 0.25) is 0 Å². The van der Waals surface area contributed by atoms with Gasteiger partial charge in [0.05, 0.1) is 5.71 Å². The van der Waals surface area contributed by atoms with Crippen LogP contribution in [0.25, 0.3) is 11.1 Å². The van der Waals surface area contributed by atoms with Crippen molar-refractivity contribution in [1.29, 1.82) is 0 Å². The Bertz CT molecular complexity index is 740. The zero-order valence-electron chi connectivity index (χ0n) is 12.7. The molecule has 1 unspecified atom stereocenters. The first-order valence-electron chi connectivity index (χ1n) is 7.42. The van der Waals surface area contributed by atoms with Gasteiger partial charge in [-0.05, 0) is 61.1 Å². The molecule has 2 aromatic carbocycles. The van der Waals surface area contributed by atoms with E-state index in [0.29, 0.717) is 12.0 Å². The van der Waals surface area contributed by atoms with Crippen LogP contribution in [0.1, 0.15) is 29.5 Å². The van der Waals surface area contributed by atoms with Gasteiger partial charge in [0, 0.05) is 5.56 Å². The number of hydrogen-bond acceptors (Lipinski definition) is 3. The van der Waals surface area contributed by atoms with E-state index in [-0.39, 0.29) is 5.82 Å². The Hall–Kier alpha value is -2.20. The maximum atomic E-state index is 14.2. The van der Waals surface area contributed by atoms with Crippen LogP contribution >= 0.6 is 0 Å². The maximum absolute atomic E-state index is 14.2.